The molecular weight excluding hydrogens is 236 g/mol. The molecule has 0 radical (unpaired) electrons. The van der Waals surface area contributed by atoms with E-state index in [9.17, 15) is 0 Å². The Morgan fingerprint density at radius 2 is 1.32 bits per heavy atom. The number of nitrogens with two attached hydrogens (primary N) is 3. The fourth-order valence-corrected chi connectivity index (χ4v) is 1.50. The van der Waals surface area contributed by atoms with Crippen LogP contribution in [0.2, 0.25) is 0 Å². The van der Waals surface area contributed by atoms with Crippen LogP contribution in [0.4, 0.5) is 11.4 Å². The predicted molar refractivity (Wildman–Crippen MR) is 78.9 cm³/mol. The molecule has 98 valence electrons. The van der Waals surface area contributed by atoms with Crippen LogP contribution in [-0.4, -0.2) is 0 Å². The van der Waals surface area contributed by atoms with Crippen LogP contribution in [0, 0.1) is 11.3 Å². The summed E-state index contributed by atoms with van der Waals surface area (Å²) >= 11 is 0. The van der Waals surface area contributed by atoms with Gasteiger partial charge in [-0.05, 0) is 23.3 Å². The molecular formula is C15H18N4. The summed E-state index contributed by atoms with van der Waals surface area (Å²) in [6.07, 6.45) is 0.396. The average molecular weight is 254 g/mol. The zero-order valence-electron chi connectivity index (χ0n) is 10.7. The van der Waals surface area contributed by atoms with E-state index in [1.165, 1.54) is 0 Å². The molecule has 0 amide bonds. The molecule has 0 unspecified atom stereocenters. The molecule has 19 heavy (non-hydrogen) atoms. The first-order chi connectivity index (χ1) is 9.19. The number of nitriles is 1. The van der Waals surface area contributed by atoms with E-state index in [2.05, 4.69) is 0 Å². The molecule has 4 heteroatoms. The Bertz CT molecular complexity index is 558. The molecule has 0 fully saturated rings. The fourth-order valence-electron chi connectivity index (χ4n) is 1.50. The Morgan fingerprint density at radius 1 is 0.842 bits per heavy atom. The van der Waals surface area contributed by atoms with Crippen molar-refractivity contribution >= 4 is 11.4 Å². The third-order valence-corrected chi connectivity index (χ3v) is 2.60. The molecule has 4 nitrogen and oxygen atoms in total. The minimum Gasteiger partial charge on any atom is -0.398 e. The van der Waals surface area contributed by atoms with Gasteiger partial charge in [0.2, 0.25) is 0 Å². The van der Waals surface area contributed by atoms with Crippen molar-refractivity contribution in [2.75, 3.05) is 11.5 Å². The van der Waals surface area contributed by atoms with Gasteiger partial charge in [0.25, 0.3) is 0 Å². The summed E-state index contributed by atoms with van der Waals surface area (Å²) in [4.78, 5) is 0. The van der Waals surface area contributed by atoms with Crippen LogP contribution in [0.15, 0.2) is 48.5 Å². The SMILES string of the molecule is N#CCc1ccccc1N.NCc1ccccc1N. The minimum atomic E-state index is 0.396. The van der Waals surface area contributed by atoms with Crippen molar-refractivity contribution in [2.24, 2.45) is 5.73 Å². The van der Waals surface area contributed by atoms with E-state index < -0.39 is 0 Å². The topological polar surface area (TPSA) is 102 Å². The third-order valence-electron chi connectivity index (χ3n) is 2.60. The molecule has 0 aromatic heterocycles. The van der Waals surface area contributed by atoms with Crippen LogP contribution in [0.1, 0.15) is 11.1 Å². The molecule has 2 rings (SSSR count). The Hall–Kier alpha value is -2.51. The van der Waals surface area contributed by atoms with Crippen LogP contribution >= 0.6 is 0 Å². The summed E-state index contributed by atoms with van der Waals surface area (Å²) in [6, 6.07) is 17.0. The van der Waals surface area contributed by atoms with E-state index in [1.807, 2.05) is 48.5 Å². The van der Waals surface area contributed by atoms with Crippen LogP contribution in [0.25, 0.3) is 0 Å². The van der Waals surface area contributed by atoms with Gasteiger partial charge in [0.1, 0.15) is 0 Å². The van der Waals surface area contributed by atoms with Crippen molar-refractivity contribution in [1.29, 1.82) is 5.26 Å². The maximum Gasteiger partial charge on any atom is 0.0670 e. The van der Waals surface area contributed by atoms with E-state index in [4.69, 9.17) is 22.5 Å². The van der Waals surface area contributed by atoms with E-state index in [0.717, 1.165) is 16.8 Å². The zero-order valence-corrected chi connectivity index (χ0v) is 10.7. The average Bonchev–Trinajstić information content (AvgIpc) is 2.43. The number of hydrogen-bond acceptors (Lipinski definition) is 4. The fraction of sp³-hybridized carbons (Fsp3) is 0.133. The Labute approximate surface area is 113 Å². The second-order valence-electron chi connectivity index (χ2n) is 3.94. The standard InChI is InChI=1S/C8H8N2.C7H10N2/c9-6-5-7-3-1-2-4-8(7)10;8-5-6-3-1-2-4-7(6)9/h1-4H,5,10H2;1-4H,5,8-9H2. The van der Waals surface area contributed by atoms with Crippen molar-refractivity contribution in [1.82, 2.24) is 0 Å². The molecule has 0 heterocycles. The maximum absolute atomic E-state index is 8.34. The maximum atomic E-state index is 8.34. The molecule has 0 aliphatic heterocycles. The normalized spacial score (nSPS) is 9.05. The lowest BCUT2D eigenvalue weighted by molar-refractivity contribution is 1.08. The largest absolute Gasteiger partial charge is 0.398 e. The van der Waals surface area contributed by atoms with Gasteiger partial charge in [-0.25, -0.2) is 0 Å². The van der Waals surface area contributed by atoms with Gasteiger partial charge in [-0.1, -0.05) is 36.4 Å². The van der Waals surface area contributed by atoms with Gasteiger partial charge in [-0.3, -0.25) is 0 Å². The van der Waals surface area contributed by atoms with Crippen molar-refractivity contribution in [3.8, 4) is 6.07 Å². The monoisotopic (exact) mass is 254 g/mol. The summed E-state index contributed by atoms with van der Waals surface area (Å²) in [6.45, 7) is 0.521. The summed E-state index contributed by atoms with van der Waals surface area (Å²) in [5, 5.41) is 8.34. The van der Waals surface area contributed by atoms with Crippen molar-refractivity contribution in [2.45, 2.75) is 13.0 Å². The zero-order chi connectivity index (χ0) is 14.1. The lowest BCUT2D eigenvalue weighted by Gasteiger charge is -1.98. The van der Waals surface area contributed by atoms with Gasteiger partial charge < -0.3 is 17.2 Å². The molecule has 2 aromatic rings. The van der Waals surface area contributed by atoms with Gasteiger partial charge >= 0.3 is 0 Å². The summed E-state index contributed by atoms with van der Waals surface area (Å²) in [5.41, 5.74) is 19.9. The number of nitrogens with zero attached hydrogens (tertiary/aromatic N) is 1. The highest BCUT2D eigenvalue weighted by Gasteiger charge is 1.93. The first kappa shape index (κ1) is 14.6. The molecule has 0 aliphatic carbocycles. The molecule has 0 saturated carbocycles. The number of para-hydroxylation sites is 2. The summed E-state index contributed by atoms with van der Waals surface area (Å²) < 4.78 is 0. The van der Waals surface area contributed by atoms with E-state index in [0.29, 0.717) is 18.7 Å². The van der Waals surface area contributed by atoms with Crippen LogP contribution in [0.5, 0.6) is 0 Å². The van der Waals surface area contributed by atoms with Crippen LogP contribution in [-0.2, 0) is 13.0 Å². The highest BCUT2D eigenvalue weighted by molar-refractivity contribution is 5.47. The summed E-state index contributed by atoms with van der Waals surface area (Å²) in [5.74, 6) is 0. The van der Waals surface area contributed by atoms with Crippen molar-refractivity contribution < 1.29 is 0 Å². The molecule has 0 spiro atoms. The Kier molecular flexibility index (Phi) is 5.93. The third kappa shape index (κ3) is 4.70. The van der Waals surface area contributed by atoms with Gasteiger partial charge in [0, 0.05) is 17.9 Å². The molecule has 0 atom stereocenters. The minimum absolute atomic E-state index is 0.396. The molecule has 2 aromatic carbocycles. The lowest BCUT2D eigenvalue weighted by Crippen LogP contribution is -2.00. The number of rotatable bonds is 2. The second-order valence-corrected chi connectivity index (χ2v) is 3.94. The second kappa shape index (κ2) is 7.75. The van der Waals surface area contributed by atoms with Crippen LogP contribution < -0.4 is 17.2 Å². The molecule has 6 N–H and O–H groups in total. The molecule has 0 aliphatic rings. The van der Waals surface area contributed by atoms with Gasteiger partial charge in [0.05, 0.1) is 12.5 Å². The molecule has 0 saturated heterocycles. The quantitative estimate of drug-likeness (QED) is 0.714. The first-order valence-electron chi connectivity index (χ1n) is 5.92. The molecule has 0 bridgehead atoms. The van der Waals surface area contributed by atoms with Crippen molar-refractivity contribution in [3.63, 3.8) is 0 Å². The van der Waals surface area contributed by atoms with E-state index in [1.54, 1.807) is 6.07 Å². The number of benzene rings is 2. The number of anilines is 2. The lowest BCUT2D eigenvalue weighted by atomic mass is 10.1. The van der Waals surface area contributed by atoms with Gasteiger partial charge in [0.15, 0.2) is 0 Å². The summed E-state index contributed by atoms with van der Waals surface area (Å²) in [7, 11) is 0. The first-order valence-corrected chi connectivity index (χ1v) is 5.92. The van der Waals surface area contributed by atoms with Gasteiger partial charge in [-0.2, -0.15) is 5.26 Å². The van der Waals surface area contributed by atoms with E-state index >= 15 is 0 Å². The Balaban J connectivity index is 0.000000191. The van der Waals surface area contributed by atoms with Crippen molar-refractivity contribution in [3.05, 3.63) is 59.7 Å². The van der Waals surface area contributed by atoms with Crippen LogP contribution in [0.3, 0.4) is 0 Å². The number of hydrogen-bond donors (Lipinski definition) is 3. The Morgan fingerprint density at radius 3 is 1.68 bits per heavy atom. The predicted octanol–water partition coefficient (Wildman–Crippen LogP) is 2.06. The van der Waals surface area contributed by atoms with Gasteiger partial charge in [-0.15, -0.1) is 0 Å². The number of nitrogen functional groups attached to an aromatic ring is 2. The van der Waals surface area contributed by atoms with E-state index in [-0.39, 0.29) is 0 Å². The highest BCUT2D eigenvalue weighted by Crippen LogP contribution is 2.09. The smallest absolute Gasteiger partial charge is 0.0670 e. The highest BCUT2D eigenvalue weighted by atomic mass is 14.6.